The van der Waals surface area contributed by atoms with Gasteiger partial charge in [-0.2, -0.15) is 0 Å². The van der Waals surface area contributed by atoms with E-state index in [4.69, 9.17) is 0 Å². The van der Waals surface area contributed by atoms with Gasteiger partial charge in [-0.05, 0) is 31.9 Å². The molecule has 0 radical (unpaired) electrons. The Hall–Kier alpha value is -1.18. The standard InChI is InChI=1S/C10H13NO/c1-7-5-6-8-9(11-7)3-2-4-10(8)12/h2-4,7,11-12H,5-6H2,1H3. The number of aromatic hydroxyl groups is 1. The topological polar surface area (TPSA) is 32.3 Å². The minimum absolute atomic E-state index is 0.423. The van der Waals surface area contributed by atoms with Crippen molar-refractivity contribution in [2.24, 2.45) is 0 Å². The average molecular weight is 163 g/mol. The molecule has 0 bridgehead atoms. The molecule has 0 fully saturated rings. The lowest BCUT2D eigenvalue weighted by Crippen LogP contribution is -2.21. The molecule has 2 heteroatoms. The Morgan fingerprint density at radius 2 is 2.33 bits per heavy atom. The van der Waals surface area contributed by atoms with E-state index in [1.807, 2.05) is 12.1 Å². The van der Waals surface area contributed by atoms with Crippen molar-refractivity contribution in [2.45, 2.75) is 25.8 Å². The predicted octanol–water partition coefficient (Wildman–Crippen LogP) is 2.14. The lowest BCUT2D eigenvalue weighted by molar-refractivity contribution is 0.464. The van der Waals surface area contributed by atoms with Crippen LogP contribution >= 0.6 is 0 Å². The van der Waals surface area contributed by atoms with Crippen molar-refractivity contribution < 1.29 is 5.11 Å². The first-order valence-corrected chi connectivity index (χ1v) is 4.35. The fraction of sp³-hybridized carbons (Fsp3) is 0.400. The molecule has 1 atom stereocenters. The van der Waals surface area contributed by atoms with Crippen molar-refractivity contribution >= 4 is 5.69 Å². The molecule has 1 aromatic carbocycles. The van der Waals surface area contributed by atoms with Crippen molar-refractivity contribution in [3.63, 3.8) is 0 Å². The van der Waals surface area contributed by atoms with Gasteiger partial charge in [0.25, 0.3) is 0 Å². The van der Waals surface area contributed by atoms with E-state index in [0.717, 1.165) is 24.1 Å². The molecule has 0 aromatic heterocycles. The number of benzene rings is 1. The first kappa shape index (κ1) is 7.47. The summed E-state index contributed by atoms with van der Waals surface area (Å²) in [6.07, 6.45) is 2.08. The molecule has 1 heterocycles. The molecule has 2 nitrogen and oxygen atoms in total. The summed E-state index contributed by atoms with van der Waals surface area (Å²) in [5.41, 5.74) is 2.16. The zero-order valence-corrected chi connectivity index (χ0v) is 7.17. The molecule has 0 amide bonds. The summed E-state index contributed by atoms with van der Waals surface area (Å²) in [5.74, 6) is 0.423. The highest BCUT2D eigenvalue weighted by Crippen LogP contribution is 2.31. The largest absolute Gasteiger partial charge is 0.508 e. The third kappa shape index (κ3) is 1.13. The van der Waals surface area contributed by atoms with E-state index in [9.17, 15) is 5.11 Å². The Labute approximate surface area is 72.2 Å². The summed E-state index contributed by atoms with van der Waals surface area (Å²) < 4.78 is 0. The third-order valence-corrected chi connectivity index (χ3v) is 2.38. The Balaban J connectivity index is 2.42. The molecule has 2 rings (SSSR count). The maximum Gasteiger partial charge on any atom is 0.120 e. The fourth-order valence-electron chi connectivity index (χ4n) is 1.67. The van der Waals surface area contributed by atoms with Gasteiger partial charge in [0.1, 0.15) is 5.75 Å². The molecular weight excluding hydrogens is 150 g/mol. The second-order valence-corrected chi connectivity index (χ2v) is 3.39. The zero-order valence-electron chi connectivity index (χ0n) is 7.17. The van der Waals surface area contributed by atoms with Gasteiger partial charge in [0.2, 0.25) is 0 Å². The molecule has 2 N–H and O–H groups in total. The zero-order chi connectivity index (χ0) is 8.55. The molecule has 0 aliphatic carbocycles. The van der Waals surface area contributed by atoms with Gasteiger partial charge in [-0.1, -0.05) is 6.07 Å². The van der Waals surface area contributed by atoms with E-state index in [1.54, 1.807) is 6.07 Å². The average Bonchev–Trinajstić information content (AvgIpc) is 2.04. The minimum Gasteiger partial charge on any atom is -0.508 e. The molecule has 12 heavy (non-hydrogen) atoms. The lowest BCUT2D eigenvalue weighted by Gasteiger charge is -2.24. The van der Waals surface area contributed by atoms with Crippen LogP contribution < -0.4 is 5.32 Å². The summed E-state index contributed by atoms with van der Waals surface area (Å²) >= 11 is 0. The van der Waals surface area contributed by atoms with Crippen LogP contribution in [0.3, 0.4) is 0 Å². The number of anilines is 1. The summed E-state index contributed by atoms with van der Waals surface area (Å²) in [4.78, 5) is 0. The van der Waals surface area contributed by atoms with E-state index >= 15 is 0 Å². The molecule has 1 aliphatic heterocycles. The lowest BCUT2D eigenvalue weighted by atomic mass is 9.98. The number of fused-ring (bicyclic) bond motifs is 1. The fourth-order valence-corrected chi connectivity index (χ4v) is 1.67. The van der Waals surface area contributed by atoms with Gasteiger partial charge in [-0.25, -0.2) is 0 Å². The van der Waals surface area contributed by atoms with Crippen LogP contribution in [0.4, 0.5) is 5.69 Å². The monoisotopic (exact) mass is 163 g/mol. The Kier molecular flexibility index (Phi) is 1.68. The number of nitrogens with one attached hydrogen (secondary N) is 1. The van der Waals surface area contributed by atoms with Gasteiger partial charge in [-0.3, -0.25) is 0 Å². The van der Waals surface area contributed by atoms with E-state index in [0.29, 0.717) is 11.8 Å². The molecule has 1 unspecified atom stereocenters. The van der Waals surface area contributed by atoms with Gasteiger partial charge >= 0.3 is 0 Å². The molecule has 1 aromatic rings. The predicted molar refractivity (Wildman–Crippen MR) is 49.5 cm³/mol. The van der Waals surface area contributed by atoms with Crippen LogP contribution in [0.1, 0.15) is 18.9 Å². The highest BCUT2D eigenvalue weighted by Gasteiger charge is 2.15. The highest BCUT2D eigenvalue weighted by atomic mass is 16.3. The molecule has 0 spiro atoms. The first-order valence-electron chi connectivity index (χ1n) is 4.35. The smallest absolute Gasteiger partial charge is 0.120 e. The second-order valence-electron chi connectivity index (χ2n) is 3.39. The first-order chi connectivity index (χ1) is 5.77. The Bertz CT molecular complexity index is 296. The number of hydrogen-bond acceptors (Lipinski definition) is 2. The maximum atomic E-state index is 9.50. The number of hydrogen-bond donors (Lipinski definition) is 2. The van der Waals surface area contributed by atoms with Crippen molar-refractivity contribution in [3.8, 4) is 5.75 Å². The van der Waals surface area contributed by atoms with Crippen LogP contribution in [-0.4, -0.2) is 11.1 Å². The van der Waals surface area contributed by atoms with E-state index in [1.165, 1.54) is 0 Å². The van der Waals surface area contributed by atoms with Crippen LogP contribution in [0.15, 0.2) is 18.2 Å². The van der Waals surface area contributed by atoms with Crippen molar-refractivity contribution in [1.29, 1.82) is 0 Å². The van der Waals surface area contributed by atoms with Crippen LogP contribution in [0, 0.1) is 0 Å². The highest BCUT2D eigenvalue weighted by molar-refractivity contribution is 5.59. The Morgan fingerprint density at radius 3 is 3.17 bits per heavy atom. The van der Waals surface area contributed by atoms with E-state index < -0.39 is 0 Å². The number of rotatable bonds is 0. The van der Waals surface area contributed by atoms with Crippen molar-refractivity contribution in [2.75, 3.05) is 5.32 Å². The van der Waals surface area contributed by atoms with Crippen molar-refractivity contribution in [1.82, 2.24) is 0 Å². The summed E-state index contributed by atoms with van der Waals surface area (Å²) in [5, 5.41) is 12.8. The van der Waals surface area contributed by atoms with Gasteiger partial charge in [0.15, 0.2) is 0 Å². The summed E-state index contributed by atoms with van der Waals surface area (Å²) in [6.45, 7) is 2.16. The second kappa shape index (κ2) is 2.70. The summed E-state index contributed by atoms with van der Waals surface area (Å²) in [7, 11) is 0. The van der Waals surface area contributed by atoms with E-state index in [2.05, 4.69) is 12.2 Å². The third-order valence-electron chi connectivity index (χ3n) is 2.38. The van der Waals surface area contributed by atoms with Gasteiger partial charge in [0, 0.05) is 17.3 Å². The molecule has 1 aliphatic rings. The van der Waals surface area contributed by atoms with Crippen molar-refractivity contribution in [3.05, 3.63) is 23.8 Å². The normalized spacial score (nSPS) is 21.2. The van der Waals surface area contributed by atoms with Crippen LogP contribution in [0.25, 0.3) is 0 Å². The molecule has 0 saturated carbocycles. The van der Waals surface area contributed by atoms with Crippen LogP contribution in [0.5, 0.6) is 5.75 Å². The van der Waals surface area contributed by atoms with Gasteiger partial charge in [-0.15, -0.1) is 0 Å². The molecule has 0 saturated heterocycles. The number of phenolic OH excluding ortho intramolecular Hbond substituents is 1. The van der Waals surface area contributed by atoms with E-state index in [-0.39, 0.29) is 0 Å². The quantitative estimate of drug-likeness (QED) is 0.614. The maximum absolute atomic E-state index is 9.50. The Morgan fingerprint density at radius 1 is 1.50 bits per heavy atom. The van der Waals surface area contributed by atoms with Gasteiger partial charge < -0.3 is 10.4 Å². The number of phenols is 1. The van der Waals surface area contributed by atoms with Crippen LogP contribution in [-0.2, 0) is 6.42 Å². The SMILES string of the molecule is CC1CCc2c(O)cccc2N1. The molecule has 64 valence electrons. The summed E-state index contributed by atoms with van der Waals surface area (Å²) in [6, 6.07) is 6.17. The van der Waals surface area contributed by atoms with Gasteiger partial charge in [0.05, 0.1) is 0 Å². The molecular formula is C10H13NO. The van der Waals surface area contributed by atoms with Crippen LogP contribution in [0.2, 0.25) is 0 Å². The minimum atomic E-state index is 0.423.